The number of unbranched alkanes of at least 4 members (excludes halogenated alkanes) is 26. The van der Waals surface area contributed by atoms with Gasteiger partial charge < -0.3 is 29.7 Å². The molecule has 0 amide bonds. The second-order valence-corrected chi connectivity index (χ2v) is 13.1. The van der Waals surface area contributed by atoms with Crippen LogP contribution in [0.3, 0.4) is 0 Å². The van der Waals surface area contributed by atoms with Crippen LogP contribution in [0, 0.1) is 0 Å². The van der Waals surface area contributed by atoms with Crippen LogP contribution in [0.15, 0.2) is 30.3 Å². The standard InChI is InChI=1S/C18H36O2.C16H32O2.C7H6O2.Al/c1-2-3-4-5-6-7-8-9-10-11-12-13-14-15-16-17-18(19)20;1-2-3-4-5-6-7-8-9-10-11-12-13-14-15-16(17)18;8-7(9)6-4-2-1-3-5-6;/h2-17H2,1H3,(H,19,20);2-15H2,1H3,(H,17,18);1-5H,(H,8,9);/q;;;+3/p-3. The van der Waals surface area contributed by atoms with Crippen LogP contribution >= 0.6 is 0 Å². The van der Waals surface area contributed by atoms with E-state index >= 15 is 0 Å². The summed E-state index contributed by atoms with van der Waals surface area (Å²) in [4.78, 5) is 30.5. The maximum atomic E-state index is 10.2. The number of rotatable bonds is 31. The van der Waals surface area contributed by atoms with Gasteiger partial charge in [-0.15, -0.1) is 0 Å². The zero-order valence-corrected chi connectivity index (χ0v) is 32.3. The van der Waals surface area contributed by atoms with Crippen LogP contribution in [-0.4, -0.2) is 35.3 Å². The third kappa shape index (κ3) is 46.3. The van der Waals surface area contributed by atoms with Crippen molar-refractivity contribution < 1.29 is 29.7 Å². The first kappa shape index (κ1) is 50.5. The van der Waals surface area contributed by atoms with Crippen molar-refractivity contribution in [2.75, 3.05) is 0 Å². The van der Waals surface area contributed by atoms with Gasteiger partial charge in [-0.3, -0.25) is 0 Å². The van der Waals surface area contributed by atoms with Crippen LogP contribution in [0.2, 0.25) is 0 Å². The van der Waals surface area contributed by atoms with Crippen molar-refractivity contribution in [2.24, 2.45) is 0 Å². The number of aliphatic carboxylic acids is 2. The third-order valence-electron chi connectivity index (χ3n) is 8.48. The van der Waals surface area contributed by atoms with Gasteiger partial charge in [-0.2, -0.15) is 0 Å². The fourth-order valence-corrected chi connectivity index (χ4v) is 5.50. The number of carbonyl (C=O) groups excluding carboxylic acids is 3. The van der Waals surface area contributed by atoms with Gasteiger partial charge in [0, 0.05) is 11.9 Å². The Labute approximate surface area is 306 Å². The fourth-order valence-electron chi connectivity index (χ4n) is 5.50. The zero-order valence-electron chi connectivity index (χ0n) is 31.1. The average molecular weight is 687 g/mol. The maximum absolute atomic E-state index is 10.2. The van der Waals surface area contributed by atoms with Crippen molar-refractivity contribution in [1.29, 1.82) is 0 Å². The first-order valence-corrected chi connectivity index (χ1v) is 19.5. The van der Waals surface area contributed by atoms with E-state index in [1.54, 1.807) is 18.2 Å². The number of carboxylic acids is 3. The number of hydrogen-bond acceptors (Lipinski definition) is 6. The van der Waals surface area contributed by atoms with Crippen molar-refractivity contribution in [3.63, 3.8) is 0 Å². The molecule has 1 rings (SSSR count). The molecule has 0 spiro atoms. The number of aromatic carboxylic acids is 1. The second-order valence-electron chi connectivity index (χ2n) is 13.1. The number of benzene rings is 1. The summed E-state index contributed by atoms with van der Waals surface area (Å²) < 4.78 is 0. The van der Waals surface area contributed by atoms with Gasteiger partial charge in [0.1, 0.15) is 0 Å². The zero-order chi connectivity index (χ0) is 35.1. The van der Waals surface area contributed by atoms with E-state index in [4.69, 9.17) is 0 Å². The number of carboxylic acid groups (broad SMARTS) is 3. The molecular formula is C41H71AlO6. The molecule has 48 heavy (non-hydrogen) atoms. The largest absolute Gasteiger partial charge is 3.00 e. The minimum Gasteiger partial charge on any atom is -0.550 e. The third-order valence-corrected chi connectivity index (χ3v) is 8.48. The van der Waals surface area contributed by atoms with E-state index in [-0.39, 0.29) is 35.8 Å². The van der Waals surface area contributed by atoms with Crippen LogP contribution in [0.25, 0.3) is 0 Å². The summed E-state index contributed by atoms with van der Waals surface area (Å²) in [7, 11) is 0. The van der Waals surface area contributed by atoms with E-state index in [0.29, 0.717) is 0 Å². The Hall–Kier alpha value is -1.84. The predicted octanol–water partition coefficient (Wildman–Crippen LogP) is 8.88. The molecule has 0 fully saturated rings. The van der Waals surface area contributed by atoms with Crippen molar-refractivity contribution >= 4 is 35.3 Å². The summed E-state index contributed by atoms with van der Waals surface area (Å²) in [5.41, 5.74) is 0.220. The molecule has 1 aromatic carbocycles. The van der Waals surface area contributed by atoms with Gasteiger partial charge in [0.2, 0.25) is 0 Å². The van der Waals surface area contributed by atoms with Crippen LogP contribution in [0.5, 0.6) is 0 Å². The maximum Gasteiger partial charge on any atom is 3.00 e. The Bertz CT molecular complexity index is 801. The van der Waals surface area contributed by atoms with E-state index in [1.165, 1.54) is 166 Å². The molecule has 0 aliphatic heterocycles. The molecule has 0 heterocycles. The smallest absolute Gasteiger partial charge is 0.550 e. The van der Waals surface area contributed by atoms with Crippen molar-refractivity contribution in [3.8, 4) is 0 Å². The van der Waals surface area contributed by atoms with Crippen molar-refractivity contribution in [2.45, 2.75) is 206 Å². The molecule has 274 valence electrons. The summed E-state index contributed by atoms with van der Waals surface area (Å²) >= 11 is 0. The van der Waals surface area contributed by atoms with Gasteiger partial charge >= 0.3 is 17.4 Å². The monoisotopic (exact) mass is 687 g/mol. The molecule has 0 aromatic heterocycles. The normalized spacial score (nSPS) is 10.2. The first-order chi connectivity index (χ1) is 22.8. The number of carbonyl (C=O) groups is 3. The van der Waals surface area contributed by atoms with Crippen molar-refractivity contribution in [3.05, 3.63) is 35.9 Å². The van der Waals surface area contributed by atoms with E-state index in [9.17, 15) is 29.7 Å². The molecule has 7 heteroatoms. The molecule has 0 radical (unpaired) electrons. The molecule has 0 aliphatic carbocycles. The molecule has 0 bridgehead atoms. The predicted molar refractivity (Wildman–Crippen MR) is 196 cm³/mol. The molecule has 1 aromatic rings. The number of hydrogen-bond donors (Lipinski definition) is 0. The van der Waals surface area contributed by atoms with Gasteiger partial charge in [0.05, 0.1) is 5.97 Å². The fraction of sp³-hybridized carbons (Fsp3) is 0.780. The summed E-state index contributed by atoms with van der Waals surface area (Å²) in [6.45, 7) is 4.52. The first-order valence-electron chi connectivity index (χ1n) is 19.5. The van der Waals surface area contributed by atoms with Gasteiger partial charge in [0.25, 0.3) is 0 Å². The van der Waals surface area contributed by atoms with Gasteiger partial charge in [-0.25, -0.2) is 0 Å². The van der Waals surface area contributed by atoms with Crippen LogP contribution in [0.4, 0.5) is 0 Å². The quantitative estimate of drug-likeness (QED) is 0.0568. The summed E-state index contributed by atoms with van der Waals surface area (Å²) in [5.74, 6) is -2.94. The molecule has 0 N–H and O–H groups in total. The minimum absolute atomic E-state index is 0. The Morgan fingerprint density at radius 2 is 0.625 bits per heavy atom. The van der Waals surface area contributed by atoms with Crippen LogP contribution in [-0.2, 0) is 9.59 Å². The Balaban J connectivity index is -0.000000664. The van der Waals surface area contributed by atoms with Crippen LogP contribution in [0.1, 0.15) is 217 Å². The SMILES string of the molecule is CCCCCCCCCCCCCCCC(=O)[O-].CCCCCCCCCCCCCCCCCC(=O)[O-].O=C([O-])c1ccccc1.[Al+3]. The molecule has 0 saturated carbocycles. The molecule has 0 atom stereocenters. The molecule has 0 saturated heterocycles. The summed E-state index contributed by atoms with van der Waals surface area (Å²) in [6, 6.07) is 8.06. The Kier molecular flexibility index (Phi) is 45.5. The molecule has 0 aliphatic rings. The van der Waals surface area contributed by atoms with Crippen molar-refractivity contribution in [1.82, 2.24) is 0 Å². The molecular weight excluding hydrogens is 615 g/mol. The van der Waals surface area contributed by atoms with Gasteiger partial charge in [0.15, 0.2) is 0 Å². The Morgan fingerprint density at radius 1 is 0.396 bits per heavy atom. The van der Waals surface area contributed by atoms with Gasteiger partial charge in [-0.1, -0.05) is 211 Å². The molecule has 0 unspecified atom stereocenters. The molecule has 6 nitrogen and oxygen atoms in total. The average Bonchev–Trinajstić information content (AvgIpc) is 3.06. The Morgan fingerprint density at radius 3 is 0.812 bits per heavy atom. The van der Waals surface area contributed by atoms with E-state index in [2.05, 4.69) is 13.8 Å². The van der Waals surface area contributed by atoms with E-state index < -0.39 is 17.9 Å². The summed E-state index contributed by atoms with van der Waals surface area (Å²) in [6.07, 6.45) is 36.8. The van der Waals surface area contributed by atoms with Crippen LogP contribution < -0.4 is 15.3 Å². The van der Waals surface area contributed by atoms with E-state index in [0.717, 1.165) is 25.7 Å². The minimum atomic E-state index is -1.13. The van der Waals surface area contributed by atoms with E-state index in [1.807, 2.05) is 0 Å². The second kappa shape index (κ2) is 43.2. The van der Waals surface area contributed by atoms with Gasteiger partial charge in [-0.05, 0) is 31.2 Å². The summed E-state index contributed by atoms with van der Waals surface area (Å²) in [5, 5.41) is 30.5. The topological polar surface area (TPSA) is 120 Å².